The highest BCUT2D eigenvalue weighted by molar-refractivity contribution is 6.08. The second-order valence-corrected chi connectivity index (χ2v) is 5.45. The summed E-state index contributed by atoms with van der Waals surface area (Å²) >= 11 is 0. The number of piperidine rings is 1. The lowest BCUT2D eigenvalue weighted by atomic mass is 10.1. The molecule has 6 nitrogen and oxygen atoms in total. The molecule has 1 aromatic carbocycles. The van der Waals surface area contributed by atoms with Gasteiger partial charge in [-0.25, -0.2) is 0 Å². The van der Waals surface area contributed by atoms with E-state index in [1.165, 1.54) is 4.90 Å². The van der Waals surface area contributed by atoms with Gasteiger partial charge >= 0.3 is 0 Å². The van der Waals surface area contributed by atoms with Crippen molar-refractivity contribution in [3.05, 3.63) is 23.8 Å². The first-order valence-corrected chi connectivity index (χ1v) is 6.89. The molecule has 2 fully saturated rings. The Bertz CT molecular complexity index is 581. The quantitative estimate of drug-likeness (QED) is 0.808. The zero-order valence-electron chi connectivity index (χ0n) is 12.0. The number of methoxy groups -OCH3 is 2. The van der Waals surface area contributed by atoms with E-state index in [0.29, 0.717) is 17.9 Å². The number of likely N-dealkylation sites (tertiary alicyclic amines) is 1. The Labute approximate surface area is 122 Å². The van der Waals surface area contributed by atoms with Crippen LogP contribution in [0.2, 0.25) is 0 Å². The Morgan fingerprint density at radius 1 is 1.24 bits per heavy atom. The smallest absolute Gasteiger partial charge is 0.233 e. The molecular formula is C15H18N2O4. The van der Waals surface area contributed by atoms with E-state index in [1.807, 2.05) is 0 Å². The predicted molar refractivity (Wildman–Crippen MR) is 74.8 cm³/mol. The molecule has 1 aromatic rings. The highest BCUT2D eigenvalue weighted by Crippen LogP contribution is 2.47. The van der Waals surface area contributed by atoms with Crippen molar-refractivity contribution in [1.29, 1.82) is 0 Å². The first-order valence-electron chi connectivity index (χ1n) is 6.89. The van der Waals surface area contributed by atoms with Crippen LogP contribution in [0.3, 0.4) is 0 Å². The van der Waals surface area contributed by atoms with Crippen LogP contribution in [0, 0.1) is 11.8 Å². The summed E-state index contributed by atoms with van der Waals surface area (Å²) in [6.45, 7) is 0.175. The monoisotopic (exact) mass is 290 g/mol. The lowest BCUT2D eigenvalue weighted by Crippen LogP contribution is -2.38. The molecule has 2 amide bonds. The van der Waals surface area contributed by atoms with E-state index in [0.717, 1.165) is 5.56 Å². The average Bonchev–Trinajstić information content (AvgIpc) is 3.26. The van der Waals surface area contributed by atoms with Gasteiger partial charge in [0, 0.05) is 12.1 Å². The van der Waals surface area contributed by atoms with Gasteiger partial charge < -0.3 is 15.2 Å². The third-order valence-electron chi connectivity index (χ3n) is 4.17. The van der Waals surface area contributed by atoms with Gasteiger partial charge in [0.2, 0.25) is 11.8 Å². The Balaban J connectivity index is 1.80. The molecule has 21 heavy (non-hydrogen) atoms. The molecule has 1 aliphatic heterocycles. The number of hydrogen-bond donors (Lipinski definition) is 1. The number of imide groups is 1. The van der Waals surface area contributed by atoms with Crippen molar-refractivity contribution in [3.63, 3.8) is 0 Å². The highest BCUT2D eigenvalue weighted by atomic mass is 16.5. The van der Waals surface area contributed by atoms with Crippen LogP contribution in [0.4, 0.5) is 0 Å². The van der Waals surface area contributed by atoms with Crippen LogP contribution >= 0.6 is 0 Å². The van der Waals surface area contributed by atoms with Crippen LogP contribution in [0.5, 0.6) is 11.5 Å². The molecule has 0 spiro atoms. The Morgan fingerprint density at radius 2 is 1.90 bits per heavy atom. The number of amides is 2. The number of nitrogens with zero attached hydrogens (tertiary/aromatic N) is 1. The number of fused-ring (bicyclic) bond motifs is 1. The molecule has 3 atom stereocenters. The summed E-state index contributed by atoms with van der Waals surface area (Å²) in [5, 5.41) is 0. The van der Waals surface area contributed by atoms with Gasteiger partial charge in [0.1, 0.15) is 11.5 Å². The largest absolute Gasteiger partial charge is 0.497 e. The Kier molecular flexibility index (Phi) is 3.33. The van der Waals surface area contributed by atoms with Gasteiger partial charge in [0.25, 0.3) is 0 Å². The van der Waals surface area contributed by atoms with Crippen molar-refractivity contribution >= 4 is 11.8 Å². The fourth-order valence-electron chi connectivity index (χ4n) is 2.85. The number of carbonyl (C=O) groups is 2. The molecule has 0 aromatic heterocycles. The molecular weight excluding hydrogens is 272 g/mol. The fraction of sp³-hybridized carbons (Fsp3) is 0.467. The summed E-state index contributed by atoms with van der Waals surface area (Å²) in [6, 6.07) is 4.81. The second kappa shape index (κ2) is 5.04. The third-order valence-corrected chi connectivity index (χ3v) is 4.17. The van der Waals surface area contributed by atoms with Gasteiger partial charge in [0.15, 0.2) is 0 Å². The molecule has 1 aliphatic carbocycles. The van der Waals surface area contributed by atoms with Crippen molar-refractivity contribution < 1.29 is 19.1 Å². The molecule has 3 rings (SSSR count). The first kappa shape index (κ1) is 13.9. The molecule has 112 valence electrons. The van der Waals surface area contributed by atoms with E-state index in [1.54, 1.807) is 32.4 Å². The second-order valence-electron chi connectivity index (χ2n) is 5.45. The summed E-state index contributed by atoms with van der Waals surface area (Å²) in [4.78, 5) is 25.3. The van der Waals surface area contributed by atoms with Crippen molar-refractivity contribution in [2.45, 2.75) is 12.5 Å². The molecule has 0 radical (unpaired) electrons. The number of nitrogens with two attached hydrogens (primary N) is 1. The standard InChI is InChI=1S/C15H18N2O4/c1-20-8-3-4-13(21-2)11(5-8)12(16)7-17-14(18)9-6-10(9)15(17)19/h3-5,9-10,12H,6-7,16H2,1-2H3. The van der Waals surface area contributed by atoms with Crippen LogP contribution in [-0.2, 0) is 9.59 Å². The lowest BCUT2D eigenvalue weighted by molar-refractivity contribution is -0.141. The molecule has 0 bridgehead atoms. The maximum Gasteiger partial charge on any atom is 0.233 e. The summed E-state index contributed by atoms with van der Waals surface area (Å²) in [5.74, 6) is 0.883. The minimum absolute atomic E-state index is 0.0951. The minimum atomic E-state index is -0.500. The summed E-state index contributed by atoms with van der Waals surface area (Å²) in [6.07, 6.45) is 0.700. The van der Waals surface area contributed by atoms with Gasteiger partial charge in [0.05, 0.1) is 32.1 Å². The zero-order chi connectivity index (χ0) is 15.1. The van der Waals surface area contributed by atoms with Crippen molar-refractivity contribution in [2.24, 2.45) is 17.6 Å². The van der Waals surface area contributed by atoms with E-state index in [2.05, 4.69) is 0 Å². The SMILES string of the molecule is COc1ccc(OC)c(C(N)CN2C(=O)C3CC3C2=O)c1. The van der Waals surface area contributed by atoms with Crippen LogP contribution in [0.15, 0.2) is 18.2 Å². The molecule has 1 saturated heterocycles. The normalized spacial score (nSPS) is 24.8. The summed E-state index contributed by atoms with van der Waals surface area (Å²) < 4.78 is 10.5. The average molecular weight is 290 g/mol. The Hall–Kier alpha value is -2.08. The first-order chi connectivity index (χ1) is 10.1. The molecule has 1 saturated carbocycles. The van der Waals surface area contributed by atoms with Gasteiger partial charge in [-0.1, -0.05) is 0 Å². The van der Waals surface area contributed by atoms with Gasteiger partial charge in [-0.05, 0) is 24.6 Å². The molecule has 2 aliphatic rings. The van der Waals surface area contributed by atoms with Crippen LogP contribution in [-0.4, -0.2) is 37.5 Å². The molecule has 2 N–H and O–H groups in total. The van der Waals surface area contributed by atoms with Gasteiger partial charge in [-0.15, -0.1) is 0 Å². The summed E-state index contributed by atoms with van der Waals surface area (Å²) in [7, 11) is 3.12. The number of carbonyl (C=O) groups excluding carboxylic acids is 2. The van der Waals surface area contributed by atoms with Gasteiger partial charge in [-0.3, -0.25) is 14.5 Å². The van der Waals surface area contributed by atoms with E-state index in [4.69, 9.17) is 15.2 Å². The lowest BCUT2D eigenvalue weighted by Gasteiger charge is -2.23. The Morgan fingerprint density at radius 3 is 2.48 bits per heavy atom. The molecule has 1 heterocycles. The predicted octanol–water partition coefficient (Wildman–Crippen LogP) is 0.709. The topological polar surface area (TPSA) is 81.9 Å². The summed E-state index contributed by atoms with van der Waals surface area (Å²) in [5.41, 5.74) is 6.90. The number of rotatable bonds is 5. The van der Waals surface area contributed by atoms with Crippen LogP contribution in [0.1, 0.15) is 18.0 Å². The van der Waals surface area contributed by atoms with Crippen molar-refractivity contribution in [1.82, 2.24) is 4.90 Å². The minimum Gasteiger partial charge on any atom is -0.497 e. The van der Waals surface area contributed by atoms with E-state index < -0.39 is 6.04 Å². The molecule has 6 heteroatoms. The maximum atomic E-state index is 12.0. The van der Waals surface area contributed by atoms with E-state index in [-0.39, 0.29) is 30.2 Å². The molecule has 3 unspecified atom stereocenters. The van der Waals surface area contributed by atoms with Gasteiger partial charge in [-0.2, -0.15) is 0 Å². The zero-order valence-corrected chi connectivity index (χ0v) is 12.0. The fourth-order valence-corrected chi connectivity index (χ4v) is 2.85. The maximum absolute atomic E-state index is 12.0. The highest BCUT2D eigenvalue weighted by Gasteiger charge is 2.58. The van der Waals surface area contributed by atoms with Crippen molar-refractivity contribution in [2.75, 3.05) is 20.8 Å². The van der Waals surface area contributed by atoms with Crippen molar-refractivity contribution in [3.8, 4) is 11.5 Å². The van der Waals surface area contributed by atoms with Crippen LogP contribution < -0.4 is 15.2 Å². The van der Waals surface area contributed by atoms with E-state index >= 15 is 0 Å². The third kappa shape index (κ3) is 2.25. The number of hydrogen-bond acceptors (Lipinski definition) is 5. The van der Waals surface area contributed by atoms with E-state index in [9.17, 15) is 9.59 Å². The van der Waals surface area contributed by atoms with Crippen LogP contribution in [0.25, 0.3) is 0 Å². The number of ether oxygens (including phenoxy) is 2. The number of benzene rings is 1.